The fourth-order valence-corrected chi connectivity index (χ4v) is 2.22. The summed E-state index contributed by atoms with van der Waals surface area (Å²) in [5.74, 6) is 0.971. The molecule has 0 bridgehead atoms. The summed E-state index contributed by atoms with van der Waals surface area (Å²) in [7, 11) is 0. The average molecular weight is 350 g/mol. The van der Waals surface area contributed by atoms with Crippen LogP contribution in [0.25, 0.3) is 6.08 Å². The summed E-state index contributed by atoms with van der Waals surface area (Å²) >= 11 is 0. The molecule has 0 unspecified atom stereocenters. The monoisotopic (exact) mass is 350 g/mol. The fraction of sp³-hybridized carbons (Fsp3) is 0.238. The molecule has 5 heteroatoms. The van der Waals surface area contributed by atoms with Gasteiger partial charge >= 0.3 is 0 Å². The number of nitrogens with zero attached hydrogens (tertiary/aromatic N) is 1. The van der Waals surface area contributed by atoms with Crippen LogP contribution in [0.15, 0.2) is 60.2 Å². The summed E-state index contributed by atoms with van der Waals surface area (Å²) in [5.41, 5.74) is 0.776. The first-order valence-corrected chi connectivity index (χ1v) is 8.53. The summed E-state index contributed by atoms with van der Waals surface area (Å²) in [6, 6.07) is 18.6. The highest BCUT2D eigenvalue weighted by molar-refractivity contribution is 6.01. The number of rotatable bonds is 9. The average Bonchev–Trinajstić information content (AvgIpc) is 2.67. The summed E-state index contributed by atoms with van der Waals surface area (Å²) in [6.07, 6.45) is 2.26. The van der Waals surface area contributed by atoms with Gasteiger partial charge in [0.25, 0.3) is 5.91 Å². The molecule has 2 aromatic rings. The van der Waals surface area contributed by atoms with Crippen molar-refractivity contribution in [1.82, 2.24) is 5.32 Å². The minimum absolute atomic E-state index is 0.0540. The quantitative estimate of drug-likeness (QED) is 0.422. The van der Waals surface area contributed by atoms with Crippen LogP contribution in [0.2, 0.25) is 0 Å². The molecule has 0 saturated heterocycles. The first-order chi connectivity index (χ1) is 12.7. The van der Waals surface area contributed by atoms with E-state index >= 15 is 0 Å². The molecule has 26 heavy (non-hydrogen) atoms. The SMILES string of the molecule is CCOCCCNC(=O)/C(C#N)=C/c1cccc(Oc2ccccc2)c1. The summed E-state index contributed by atoms with van der Waals surface area (Å²) < 4.78 is 11.0. The van der Waals surface area contributed by atoms with Crippen molar-refractivity contribution in [2.45, 2.75) is 13.3 Å². The number of ether oxygens (including phenoxy) is 2. The van der Waals surface area contributed by atoms with Crippen molar-refractivity contribution >= 4 is 12.0 Å². The van der Waals surface area contributed by atoms with Crippen LogP contribution in [0.3, 0.4) is 0 Å². The lowest BCUT2D eigenvalue weighted by atomic mass is 10.1. The Morgan fingerprint density at radius 2 is 1.92 bits per heavy atom. The van der Waals surface area contributed by atoms with E-state index in [2.05, 4.69) is 5.32 Å². The van der Waals surface area contributed by atoms with Gasteiger partial charge in [0.05, 0.1) is 0 Å². The van der Waals surface area contributed by atoms with Crippen molar-refractivity contribution < 1.29 is 14.3 Å². The van der Waals surface area contributed by atoms with E-state index in [0.29, 0.717) is 31.9 Å². The molecule has 0 radical (unpaired) electrons. The van der Waals surface area contributed by atoms with E-state index in [9.17, 15) is 10.1 Å². The van der Waals surface area contributed by atoms with Gasteiger partial charge in [-0.05, 0) is 49.2 Å². The highest BCUT2D eigenvalue weighted by Crippen LogP contribution is 2.22. The first-order valence-electron chi connectivity index (χ1n) is 8.53. The van der Waals surface area contributed by atoms with Crippen LogP contribution in [0.4, 0.5) is 0 Å². The van der Waals surface area contributed by atoms with Crippen LogP contribution in [0, 0.1) is 11.3 Å². The van der Waals surface area contributed by atoms with Crippen molar-refractivity contribution in [2.75, 3.05) is 19.8 Å². The number of carbonyl (C=O) groups excluding carboxylic acids is 1. The number of amides is 1. The molecule has 1 amide bonds. The van der Waals surface area contributed by atoms with Crippen LogP contribution < -0.4 is 10.1 Å². The van der Waals surface area contributed by atoms with Gasteiger partial charge in [-0.15, -0.1) is 0 Å². The lowest BCUT2D eigenvalue weighted by Crippen LogP contribution is -2.26. The Kier molecular flexibility index (Phi) is 7.91. The maximum atomic E-state index is 12.1. The maximum Gasteiger partial charge on any atom is 0.261 e. The second-order valence-electron chi connectivity index (χ2n) is 5.46. The zero-order valence-electron chi connectivity index (χ0n) is 14.8. The summed E-state index contributed by atoms with van der Waals surface area (Å²) in [6.45, 7) is 3.62. The molecule has 1 N–H and O–H groups in total. The molecular weight excluding hydrogens is 328 g/mol. The standard InChI is InChI=1S/C21H22N2O3/c1-2-25-13-7-12-23-21(24)18(16-22)14-17-8-6-11-20(15-17)26-19-9-4-3-5-10-19/h3-6,8-11,14-15H,2,7,12-13H2,1H3,(H,23,24)/b18-14+. The highest BCUT2D eigenvalue weighted by Gasteiger charge is 2.08. The van der Waals surface area contributed by atoms with Gasteiger partial charge < -0.3 is 14.8 Å². The van der Waals surface area contributed by atoms with Crippen molar-refractivity contribution in [3.63, 3.8) is 0 Å². The van der Waals surface area contributed by atoms with Crippen molar-refractivity contribution in [3.8, 4) is 17.6 Å². The van der Waals surface area contributed by atoms with Gasteiger partial charge in [0.2, 0.25) is 0 Å². The molecule has 0 spiro atoms. The molecule has 5 nitrogen and oxygen atoms in total. The van der Waals surface area contributed by atoms with Crippen LogP contribution in [0.5, 0.6) is 11.5 Å². The third-order valence-corrected chi connectivity index (χ3v) is 3.47. The fourth-order valence-electron chi connectivity index (χ4n) is 2.22. The lowest BCUT2D eigenvalue weighted by molar-refractivity contribution is -0.117. The van der Waals surface area contributed by atoms with E-state index in [1.54, 1.807) is 12.1 Å². The van der Waals surface area contributed by atoms with Crippen LogP contribution in [-0.4, -0.2) is 25.7 Å². The van der Waals surface area contributed by atoms with Gasteiger partial charge in [-0.2, -0.15) is 5.26 Å². The van der Waals surface area contributed by atoms with Crippen LogP contribution >= 0.6 is 0 Å². The number of para-hydroxylation sites is 1. The van der Waals surface area contributed by atoms with Gasteiger partial charge in [0.15, 0.2) is 0 Å². The minimum atomic E-state index is -0.390. The van der Waals surface area contributed by atoms with Gasteiger partial charge in [0.1, 0.15) is 23.1 Å². The summed E-state index contributed by atoms with van der Waals surface area (Å²) in [4.78, 5) is 12.1. The third-order valence-electron chi connectivity index (χ3n) is 3.47. The van der Waals surface area contributed by atoms with E-state index in [1.165, 1.54) is 0 Å². The van der Waals surface area contributed by atoms with Crippen molar-refractivity contribution in [1.29, 1.82) is 5.26 Å². The van der Waals surface area contributed by atoms with Gasteiger partial charge in [-0.25, -0.2) is 0 Å². The largest absolute Gasteiger partial charge is 0.457 e. The van der Waals surface area contributed by atoms with E-state index in [4.69, 9.17) is 9.47 Å². The molecule has 2 aromatic carbocycles. The number of benzene rings is 2. The predicted molar refractivity (Wildman–Crippen MR) is 101 cm³/mol. The highest BCUT2D eigenvalue weighted by atomic mass is 16.5. The second kappa shape index (κ2) is 10.7. The minimum Gasteiger partial charge on any atom is -0.457 e. The number of hydrogen-bond donors (Lipinski definition) is 1. The Bertz CT molecular complexity index is 779. The maximum absolute atomic E-state index is 12.1. The Labute approximate surface area is 153 Å². The molecule has 0 saturated carbocycles. The Hall–Kier alpha value is -3.10. The van der Waals surface area contributed by atoms with E-state index in [0.717, 1.165) is 11.3 Å². The molecule has 134 valence electrons. The number of nitriles is 1. The smallest absolute Gasteiger partial charge is 0.261 e. The van der Waals surface area contributed by atoms with E-state index < -0.39 is 5.91 Å². The normalized spacial score (nSPS) is 10.8. The molecule has 0 heterocycles. The number of carbonyl (C=O) groups is 1. The molecule has 0 aliphatic heterocycles. The van der Waals surface area contributed by atoms with Crippen molar-refractivity contribution in [3.05, 3.63) is 65.7 Å². The molecule has 0 aliphatic rings. The summed E-state index contributed by atoms with van der Waals surface area (Å²) in [5, 5.41) is 12.0. The van der Waals surface area contributed by atoms with Crippen LogP contribution in [-0.2, 0) is 9.53 Å². The molecular formula is C21H22N2O3. The van der Waals surface area contributed by atoms with Gasteiger partial charge in [0, 0.05) is 19.8 Å². The zero-order chi connectivity index (χ0) is 18.6. The first kappa shape index (κ1) is 19.2. The predicted octanol–water partition coefficient (Wildman–Crippen LogP) is 3.93. The Morgan fingerprint density at radius 1 is 1.15 bits per heavy atom. The van der Waals surface area contributed by atoms with E-state index in [1.807, 2.05) is 61.5 Å². The number of nitrogens with one attached hydrogen (secondary N) is 1. The zero-order valence-corrected chi connectivity index (χ0v) is 14.8. The number of hydrogen-bond acceptors (Lipinski definition) is 4. The molecule has 0 aromatic heterocycles. The van der Waals surface area contributed by atoms with E-state index in [-0.39, 0.29) is 5.57 Å². The molecule has 2 rings (SSSR count). The Balaban J connectivity index is 2.00. The van der Waals surface area contributed by atoms with Gasteiger partial charge in [-0.1, -0.05) is 30.3 Å². The Morgan fingerprint density at radius 3 is 2.65 bits per heavy atom. The van der Waals surface area contributed by atoms with Gasteiger partial charge in [-0.3, -0.25) is 4.79 Å². The molecule has 0 aliphatic carbocycles. The lowest BCUT2D eigenvalue weighted by Gasteiger charge is -2.07. The second-order valence-corrected chi connectivity index (χ2v) is 5.46. The topological polar surface area (TPSA) is 71.3 Å². The van der Waals surface area contributed by atoms with Crippen molar-refractivity contribution in [2.24, 2.45) is 0 Å². The molecule has 0 atom stereocenters. The molecule has 0 fully saturated rings. The van der Waals surface area contributed by atoms with Crippen LogP contribution in [0.1, 0.15) is 18.9 Å². The third kappa shape index (κ3) is 6.42.